The van der Waals surface area contributed by atoms with Crippen molar-refractivity contribution in [3.63, 3.8) is 0 Å². The molecule has 3 heteroatoms. The molecule has 2 heterocycles. The van der Waals surface area contributed by atoms with Gasteiger partial charge in [-0.25, -0.2) is 0 Å². The van der Waals surface area contributed by atoms with Crippen LogP contribution >= 0.6 is 0 Å². The lowest BCUT2D eigenvalue weighted by Gasteiger charge is -2.29. The number of fused-ring (bicyclic) bond motifs is 1. The van der Waals surface area contributed by atoms with Crippen LogP contribution in [0.5, 0.6) is 0 Å². The van der Waals surface area contributed by atoms with Crippen LogP contribution in [0.3, 0.4) is 0 Å². The van der Waals surface area contributed by atoms with Gasteiger partial charge in [0.2, 0.25) is 0 Å². The van der Waals surface area contributed by atoms with E-state index in [1.807, 2.05) is 0 Å². The Morgan fingerprint density at radius 2 is 2.31 bits per heavy atom. The van der Waals surface area contributed by atoms with Crippen LogP contribution in [0.1, 0.15) is 20.3 Å². The molecule has 0 saturated carbocycles. The van der Waals surface area contributed by atoms with Gasteiger partial charge in [0.05, 0.1) is 12.2 Å². The molecule has 2 atom stereocenters. The second kappa shape index (κ2) is 3.95. The molecule has 0 aromatic heterocycles. The Kier molecular flexibility index (Phi) is 2.86. The average molecular weight is 184 g/mol. The summed E-state index contributed by atoms with van der Waals surface area (Å²) in [4.78, 5) is 2.56. The first-order valence-electron chi connectivity index (χ1n) is 5.36. The highest BCUT2D eigenvalue weighted by atomic mass is 16.5. The van der Waals surface area contributed by atoms with Gasteiger partial charge in [-0.1, -0.05) is 0 Å². The van der Waals surface area contributed by atoms with Gasteiger partial charge in [0.15, 0.2) is 0 Å². The number of hydrogen-bond acceptors (Lipinski definition) is 3. The van der Waals surface area contributed by atoms with Gasteiger partial charge in [-0.2, -0.15) is 0 Å². The molecule has 2 fully saturated rings. The van der Waals surface area contributed by atoms with Gasteiger partial charge in [0.25, 0.3) is 0 Å². The van der Waals surface area contributed by atoms with Crippen LogP contribution in [0.15, 0.2) is 0 Å². The predicted molar refractivity (Wildman–Crippen MR) is 52.9 cm³/mol. The minimum Gasteiger partial charge on any atom is -0.374 e. The molecule has 3 nitrogen and oxygen atoms in total. The van der Waals surface area contributed by atoms with Crippen LogP contribution in [-0.4, -0.2) is 49.3 Å². The van der Waals surface area contributed by atoms with Crippen LogP contribution < -0.4 is 5.32 Å². The van der Waals surface area contributed by atoms with E-state index in [0.29, 0.717) is 12.2 Å². The Morgan fingerprint density at radius 1 is 1.46 bits per heavy atom. The van der Waals surface area contributed by atoms with Gasteiger partial charge < -0.3 is 10.1 Å². The van der Waals surface area contributed by atoms with Crippen molar-refractivity contribution in [3.05, 3.63) is 0 Å². The zero-order valence-corrected chi connectivity index (χ0v) is 8.62. The molecule has 2 rings (SSSR count). The number of nitrogens with one attached hydrogen (secondary N) is 1. The summed E-state index contributed by atoms with van der Waals surface area (Å²) in [5.41, 5.74) is 0. The maximum Gasteiger partial charge on any atom is 0.0720 e. The smallest absolute Gasteiger partial charge is 0.0720 e. The molecule has 0 aromatic rings. The van der Waals surface area contributed by atoms with Gasteiger partial charge in [-0.15, -0.1) is 0 Å². The molecule has 2 saturated heterocycles. The maximum atomic E-state index is 5.83. The summed E-state index contributed by atoms with van der Waals surface area (Å²) >= 11 is 0. The summed E-state index contributed by atoms with van der Waals surface area (Å²) < 4.78 is 5.83. The third kappa shape index (κ3) is 2.22. The zero-order chi connectivity index (χ0) is 9.26. The van der Waals surface area contributed by atoms with Gasteiger partial charge in [-0.3, -0.25) is 4.90 Å². The average Bonchev–Trinajstić information content (AvgIpc) is 2.44. The largest absolute Gasteiger partial charge is 0.374 e. The lowest BCUT2D eigenvalue weighted by Crippen LogP contribution is -2.47. The van der Waals surface area contributed by atoms with Crippen LogP contribution in [-0.2, 0) is 4.74 Å². The molecule has 0 aromatic carbocycles. The van der Waals surface area contributed by atoms with Crippen molar-refractivity contribution in [1.29, 1.82) is 0 Å². The third-order valence-corrected chi connectivity index (χ3v) is 2.91. The fourth-order valence-electron chi connectivity index (χ4n) is 2.40. The van der Waals surface area contributed by atoms with Crippen LogP contribution in [0.4, 0.5) is 0 Å². The molecule has 2 aliphatic rings. The van der Waals surface area contributed by atoms with E-state index in [1.165, 1.54) is 13.0 Å². The quantitative estimate of drug-likeness (QED) is 0.674. The number of nitrogens with zero attached hydrogens (tertiary/aromatic N) is 1. The van der Waals surface area contributed by atoms with Crippen molar-refractivity contribution in [2.24, 2.45) is 0 Å². The fourth-order valence-corrected chi connectivity index (χ4v) is 2.40. The Labute approximate surface area is 80.4 Å². The molecule has 0 spiro atoms. The second-order valence-corrected chi connectivity index (χ2v) is 4.40. The molecule has 1 N–H and O–H groups in total. The first kappa shape index (κ1) is 9.44. The first-order chi connectivity index (χ1) is 6.25. The number of ether oxygens (including phenoxy) is 1. The summed E-state index contributed by atoms with van der Waals surface area (Å²) in [6, 6.07) is 0.734. The van der Waals surface area contributed by atoms with E-state index in [0.717, 1.165) is 25.7 Å². The van der Waals surface area contributed by atoms with Crippen molar-refractivity contribution in [3.8, 4) is 0 Å². The molecule has 2 aliphatic heterocycles. The van der Waals surface area contributed by atoms with E-state index >= 15 is 0 Å². The fraction of sp³-hybridized carbons (Fsp3) is 1.00. The second-order valence-electron chi connectivity index (χ2n) is 4.40. The Bertz CT molecular complexity index is 158. The predicted octanol–water partition coefficient (Wildman–Crippen LogP) is 0.458. The molecule has 76 valence electrons. The molecule has 0 aliphatic carbocycles. The number of piperazine rings is 1. The van der Waals surface area contributed by atoms with Crippen molar-refractivity contribution >= 4 is 0 Å². The van der Waals surface area contributed by atoms with Gasteiger partial charge in [0, 0.05) is 32.2 Å². The molecule has 0 amide bonds. The van der Waals surface area contributed by atoms with E-state index in [4.69, 9.17) is 4.74 Å². The summed E-state index contributed by atoms with van der Waals surface area (Å²) in [5, 5.41) is 3.43. The Hall–Kier alpha value is -0.120. The summed E-state index contributed by atoms with van der Waals surface area (Å²) in [7, 11) is 0. The molecule has 0 radical (unpaired) electrons. The number of hydrogen-bond donors (Lipinski definition) is 1. The zero-order valence-electron chi connectivity index (χ0n) is 8.62. The van der Waals surface area contributed by atoms with Gasteiger partial charge >= 0.3 is 0 Å². The topological polar surface area (TPSA) is 24.5 Å². The van der Waals surface area contributed by atoms with E-state index in [2.05, 4.69) is 24.1 Å². The van der Waals surface area contributed by atoms with E-state index < -0.39 is 0 Å². The van der Waals surface area contributed by atoms with Crippen molar-refractivity contribution in [1.82, 2.24) is 10.2 Å². The van der Waals surface area contributed by atoms with E-state index in [1.54, 1.807) is 0 Å². The maximum absolute atomic E-state index is 5.83. The van der Waals surface area contributed by atoms with Gasteiger partial charge in [0.1, 0.15) is 0 Å². The molecule has 0 unspecified atom stereocenters. The molecular formula is C10H20N2O. The lowest BCUT2D eigenvalue weighted by molar-refractivity contribution is 0.0142. The lowest BCUT2D eigenvalue weighted by atomic mass is 10.2. The highest BCUT2D eigenvalue weighted by Gasteiger charge is 2.34. The normalized spacial score (nSPS) is 35.3. The van der Waals surface area contributed by atoms with Crippen molar-refractivity contribution in [2.75, 3.05) is 26.2 Å². The standard InChI is InChI=1S/C10H20N2O/c1-8(2)13-10-5-9-6-11-3-4-12(9)7-10/h8-11H,3-7H2,1-2H3/t9-,10-/m0/s1. The summed E-state index contributed by atoms with van der Waals surface area (Å²) in [6.07, 6.45) is 2.06. The minimum atomic E-state index is 0.374. The van der Waals surface area contributed by atoms with E-state index in [9.17, 15) is 0 Å². The van der Waals surface area contributed by atoms with Crippen LogP contribution in [0.25, 0.3) is 0 Å². The first-order valence-corrected chi connectivity index (χ1v) is 5.36. The Morgan fingerprint density at radius 3 is 3.00 bits per heavy atom. The highest BCUT2D eigenvalue weighted by Crippen LogP contribution is 2.21. The summed E-state index contributed by atoms with van der Waals surface area (Å²) in [6.45, 7) is 8.88. The highest BCUT2D eigenvalue weighted by molar-refractivity contribution is 4.90. The molecule has 0 bridgehead atoms. The van der Waals surface area contributed by atoms with Gasteiger partial charge in [-0.05, 0) is 20.3 Å². The number of rotatable bonds is 2. The van der Waals surface area contributed by atoms with Crippen LogP contribution in [0, 0.1) is 0 Å². The van der Waals surface area contributed by atoms with E-state index in [-0.39, 0.29) is 0 Å². The van der Waals surface area contributed by atoms with Crippen molar-refractivity contribution < 1.29 is 4.74 Å². The summed E-state index contributed by atoms with van der Waals surface area (Å²) in [5.74, 6) is 0. The Balaban J connectivity index is 1.84. The molecule has 13 heavy (non-hydrogen) atoms. The monoisotopic (exact) mass is 184 g/mol. The SMILES string of the molecule is CC(C)O[C@H]1C[C@H]2CNCCN2C1. The van der Waals surface area contributed by atoms with Crippen LogP contribution in [0.2, 0.25) is 0 Å². The third-order valence-electron chi connectivity index (χ3n) is 2.91. The van der Waals surface area contributed by atoms with Crippen molar-refractivity contribution in [2.45, 2.75) is 38.5 Å². The minimum absolute atomic E-state index is 0.374. The molecular weight excluding hydrogens is 164 g/mol.